The van der Waals surface area contributed by atoms with Crippen molar-refractivity contribution in [3.05, 3.63) is 53.1 Å². The number of amides is 2. The molecule has 0 radical (unpaired) electrons. The first-order chi connectivity index (χ1) is 12.5. The van der Waals surface area contributed by atoms with Gasteiger partial charge < -0.3 is 14.2 Å². The van der Waals surface area contributed by atoms with Crippen LogP contribution >= 0.6 is 0 Å². The maximum atomic E-state index is 12.3. The van der Waals surface area contributed by atoms with E-state index in [0.717, 1.165) is 11.1 Å². The number of hydrazine groups is 1. The molecular weight excluding hydrogens is 336 g/mol. The molecule has 0 saturated carbocycles. The van der Waals surface area contributed by atoms with E-state index in [4.69, 9.17) is 14.2 Å². The molecule has 0 aliphatic carbocycles. The number of nitrogens with one attached hydrogen (secondary N) is 2. The normalized spacial score (nSPS) is 10.0. The molecule has 138 valence electrons. The third-order valence-corrected chi connectivity index (χ3v) is 3.72. The second-order valence-corrected chi connectivity index (χ2v) is 5.60. The predicted molar refractivity (Wildman–Crippen MR) is 96.6 cm³/mol. The smallest absolute Gasteiger partial charge is 0.269 e. The van der Waals surface area contributed by atoms with E-state index >= 15 is 0 Å². The summed E-state index contributed by atoms with van der Waals surface area (Å²) in [6.45, 7) is 1.93. The molecule has 7 heteroatoms. The summed E-state index contributed by atoms with van der Waals surface area (Å²) in [6.07, 6.45) is 0.0760. The number of ether oxygens (including phenoxy) is 3. The largest absolute Gasteiger partial charge is 0.497 e. The maximum absolute atomic E-state index is 12.3. The Bertz CT molecular complexity index is 782. The van der Waals surface area contributed by atoms with E-state index in [1.54, 1.807) is 31.4 Å². The lowest BCUT2D eigenvalue weighted by Crippen LogP contribution is -2.42. The fraction of sp³-hybridized carbons (Fsp3) is 0.263. The highest BCUT2D eigenvalue weighted by atomic mass is 16.5. The van der Waals surface area contributed by atoms with Gasteiger partial charge in [-0.1, -0.05) is 17.7 Å². The number of methoxy groups -OCH3 is 3. The minimum absolute atomic E-state index is 0.0760. The lowest BCUT2D eigenvalue weighted by molar-refractivity contribution is -0.121. The van der Waals surface area contributed by atoms with E-state index in [1.807, 2.05) is 19.1 Å². The van der Waals surface area contributed by atoms with Crippen LogP contribution in [-0.2, 0) is 11.2 Å². The SMILES string of the molecule is COc1cc(OC)cc(C(=O)NNC(=O)Cc2cc(C)ccc2OC)c1. The zero-order valence-electron chi connectivity index (χ0n) is 15.2. The van der Waals surface area contributed by atoms with E-state index in [9.17, 15) is 9.59 Å². The van der Waals surface area contributed by atoms with Crippen molar-refractivity contribution in [1.29, 1.82) is 0 Å². The van der Waals surface area contributed by atoms with Gasteiger partial charge in [0.1, 0.15) is 17.2 Å². The highest BCUT2D eigenvalue weighted by Crippen LogP contribution is 2.22. The van der Waals surface area contributed by atoms with Gasteiger partial charge in [-0.2, -0.15) is 0 Å². The average molecular weight is 358 g/mol. The van der Waals surface area contributed by atoms with Gasteiger partial charge in [0.15, 0.2) is 0 Å². The van der Waals surface area contributed by atoms with Crippen LogP contribution in [0.25, 0.3) is 0 Å². The minimum atomic E-state index is -0.480. The zero-order valence-corrected chi connectivity index (χ0v) is 15.2. The number of carbonyl (C=O) groups excluding carboxylic acids is 2. The number of rotatable bonds is 6. The Morgan fingerprint density at radius 1 is 0.885 bits per heavy atom. The van der Waals surface area contributed by atoms with Crippen molar-refractivity contribution in [2.75, 3.05) is 21.3 Å². The highest BCUT2D eigenvalue weighted by molar-refractivity contribution is 5.96. The summed E-state index contributed by atoms with van der Waals surface area (Å²) in [5.74, 6) is 0.731. The Balaban J connectivity index is 2.01. The number of aryl methyl sites for hydroxylation is 1. The maximum Gasteiger partial charge on any atom is 0.269 e. The molecule has 2 aromatic carbocycles. The molecule has 0 aliphatic rings. The van der Waals surface area contributed by atoms with Crippen LogP contribution in [-0.4, -0.2) is 33.1 Å². The van der Waals surface area contributed by atoms with Crippen molar-refractivity contribution < 1.29 is 23.8 Å². The van der Waals surface area contributed by atoms with Gasteiger partial charge in [-0.25, -0.2) is 0 Å². The molecule has 2 amide bonds. The van der Waals surface area contributed by atoms with Crippen molar-refractivity contribution in [3.8, 4) is 17.2 Å². The Hall–Kier alpha value is -3.22. The van der Waals surface area contributed by atoms with Gasteiger partial charge in [0.05, 0.1) is 27.8 Å². The van der Waals surface area contributed by atoms with Gasteiger partial charge in [-0.3, -0.25) is 20.4 Å². The average Bonchev–Trinajstić information content (AvgIpc) is 2.65. The molecule has 0 atom stereocenters. The van der Waals surface area contributed by atoms with Crippen LogP contribution in [0.4, 0.5) is 0 Å². The summed E-state index contributed by atoms with van der Waals surface area (Å²) in [7, 11) is 4.53. The summed E-state index contributed by atoms with van der Waals surface area (Å²) >= 11 is 0. The Kier molecular flexibility index (Phi) is 6.43. The van der Waals surface area contributed by atoms with Crippen LogP contribution in [0.5, 0.6) is 17.2 Å². The fourth-order valence-electron chi connectivity index (χ4n) is 2.40. The first-order valence-electron chi connectivity index (χ1n) is 7.92. The third-order valence-electron chi connectivity index (χ3n) is 3.72. The van der Waals surface area contributed by atoms with Crippen molar-refractivity contribution in [2.45, 2.75) is 13.3 Å². The lowest BCUT2D eigenvalue weighted by atomic mass is 10.1. The van der Waals surface area contributed by atoms with Gasteiger partial charge in [-0.15, -0.1) is 0 Å². The molecule has 0 aliphatic heterocycles. The van der Waals surface area contributed by atoms with E-state index in [0.29, 0.717) is 22.8 Å². The van der Waals surface area contributed by atoms with Crippen molar-refractivity contribution in [1.82, 2.24) is 10.9 Å². The zero-order chi connectivity index (χ0) is 19.1. The molecule has 0 heterocycles. The number of hydrogen-bond donors (Lipinski definition) is 2. The van der Waals surface area contributed by atoms with Gasteiger partial charge in [0, 0.05) is 17.2 Å². The first-order valence-corrected chi connectivity index (χ1v) is 7.92. The molecule has 0 fully saturated rings. The second-order valence-electron chi connectivity index (χ2n) is 5.60. The fourth-order valence-corrected chi connectivity index (χ4v) is 2.40. The molecule has 0 spiro atoms. The molecule has 0 aromatic heterocycles. The van der Waals surface area contributed by atoms with Crippen molar-refractivity contribution >= 4 is 11.8 Å². The third kappa shape index (κ3) is 4.89. The van der Waals surface area contributed by atoms with Crippen molar-refractivity contribution in [3.63, 3.8) is 0 Å². The number of benzene rings is 2. The van der Waals surface area contributed by atoms with Gasteiger partial charge in [-0.05, 0) is 25.1 Å². The molecule has 26 heavy (non-hydrogen) atoms. The van der Waals surface area contributed by atoms with Gasteiger partial charge in [0.25, 0.3) is 5.91 Å². The molecule has 0 saturated heterocycles. The molecule has 0 bridgehead atoms. The Labute approximate surface area is 152 Å². The molecule has 2 rings (SSSR count). The molecular formula is C19H22N2O5. The lowest BCUT2D eigenvalue weighted by Gasteiger charge is -2.12. The molecule has 7 nitrogen and oxygen atoms in total. The molecule has 0 unspecified atom stereocenters. The molecule has 2 aromatic rings. The topological polar surface area (TPSA) is 85.9 Å². The summed E-state index contributed by atoms with van der Waals surface area (Å²) in [5, 5.41) is 0. The molecule has 2 N–H and O–H groups in total. The summed E-state index contributed by atoms with van der Waals surface area (Å²) in [6, 6.07) is 10.3. The van der Waals surface area contributed by atoms with Crippen LogP contribution < -0.4 is 25.1 Å². The summed E-state index contributed by atoms with van der Waals surface area (Å²) < 4.78 is 15.5. The van der Waals surface area contributed by atoms with Crippen LogP contribution in [0.1, 0.15) is 21.5 Å². The standard InChI is InChI=1S/C19H22N2O5/c1-12-5-6-17(26-4)13(7-12)10-18(22)20-21-19(23)14-8-15(24-2)11-16(9-14)25-3/h5-9,11H,10H2,1-4H3,(H,20,22)(H,21,23). The van der Waals surface area contributed by atoms with E-state index in [2.05, 4.69) is 10.9 Å². The summed E-state index contributed by atoms with van der Waals surface area (Å²) in [5.41, 5.74) is 6.84. The van der Waals surface area contributed by atoms with Crippen LogP contribution in [0.2, 0.25) is 0 Å². The highest BCUT2D eigenvalue weighted by Gasteiger charge is 2.13. The monoisotopic (exact) mass is 358 g/mol. The van der Waals surface area contributed by atoms with Gasteiger partial charge >= 0.3 is 0 Å². The van der Waals surface area contributed by atoms with Gasteiger partial charge in [0.2, 0.25) is 5.91 Å². The van der Waals surface area contributed by atoms with Crippen molar-refractivity contribution in [2.24, 2.45) is 0 Å². The Morgan fingerprint density at radius 3 is 2.12 bits per heavy atom. The van der Waals surface area contributed by atoms with E-state index < -0.39 is 5.91 Å². The summed E-state index contributed by atoms with van der Waals surface area (Å²) in [4.78, 5) is 24.4. The van der Waals surface area contributed by atoms with E-state index in [-0.39, 0.29) is 12.3 Å². The van der Waals surface area contributed by atoms with Crippen LogP contribution in [0.15, 0.2) is 36.4 Å². The second kappa shape index (κ2) is 8.75. The van der Waals surface area contributed by atoms with Crippen LogP contribution in [0, 0.1) is 6.92 Å². The minimum Gasteiger partial charge on any atom is -0.497 e. The van der Waals surface area contributed by atoms with E-state index in [1.165, 1.54) is 14.2 Å². The number of carbonyl (C=O) groups is 2. The predicted octanol–water partition coefficient (Wildman–Crippen LogP) is 2.02. The Morgan fingerprint density at radius 2 is 1.54 bits per heavy atom. The number of hydrogen-bond acceptors (Lipinski definition) is 5. The van der Waals surface area contributed by atoms with Crippen LogP contribution in [0.3, 0.4) is 0 Å². The quantitative estimate of drug-likeness (QED) is 0.772. The first kappa shape index (κ1) is 19.1.